The van der Waals surface area contributed by atoms with Crippen molar-refractivity contribution in [2.75, 3.05) is 13.2 Å². The molecule has 2 atom stereocenters. The second kappa shape index (κ2) is 7.68. The minimum Gasteiger partial charge on any atom is -0.492 e. The van der Waals surface area contributed by atoms with Gasteiger partial charge in [0.2, 0.25) is 0 Å². The number of aliphatic hydroxyl groups is 1. The Kier molecular flexibility index (Phi) is 5.59. The summed E-state index contributed by atoms with van der Waals surface area (Å²) in [6.07, 6.45) is -0.507. The number of hydrogen-bond donors (Lipinski definition) is 2. The number of hydrogen-bond acceptors (Lipinski definition) is 3. The Bertz CT molecular complexity index is 487. The van der Waals surface area contributed by atoms with Crippen LogP contribution < -0.4 is 10.1 Å². The zero-order chi connectivity index (χ0) is 14.2. The predicted octanol–water partition coefficient (Wildman–Crippen LogP) is 2.78. The molecule has 0 saturated heterocycles. The number of rotatable bonds is 7. The van der Waals surface area contributed by atoms with Crippen LogP contribution in [0.15, 0.2) is 60.7 Å². The van der Waals surface area contributed by atoms with Crippen LogP contribution >= 0.6 is 0 Å². The molecule has 0 heterocycles. The smallest absolute Gasteiger partial charge is 0.119 e. The highest BCUT2D eigenvalue weighted by molar-refractivity contribution is 5.21. The molecule has 0 bridgehead atoms. The van der Waals surface area contributed by atoms with E-state index in [0.29, 0.717) is 13.2 Å². The summed E-state index contributed by atoms with van der Waals surface area (Å²) >= 11 is 0. The van der Waals surface area contributed by atoms with Crippen molar-refractivity contribution in [1.29, 1.82) is 0 Å². The van der Waals surface area contributed by atoms with E-state index in [2.05, 4.69) is 5.32 Å². The Morgan fingerprint density at radius 3 is 2.25 bits per heavy atom. The van der Waals surface area contributed by atoms with Gasteiger partial charge in [-0.3, -0.25) is 0 Å². The fourth-order valence-electron chi connectivity index (χ4n) is 2.02. The van der Waals surface area contributed by atoms with Crippen molar-refractivity contribution in [3.63, 3.8) is 0 Å². The minimum atomic E-state index is -0.507. The van der Waals surface area contributed by atoms with Gasteiger partial charge in [-0.1, -0.05) is 48.5 Å². The average Bonchev–Trinajstić information content (AvgIpc) is 2.52. The summed E-state index contributed by atoms with van der Waals surface area (Å²) in [4.78, 5) is 0. The van der Waals surface area contributed by atoms with Gasteiger partial charge in [0.1, 0.15) is 12.4 Å². The summed E-state index contributed by atoms with van der Waals surface area (Å²) < 4.78 is 5.60. The maximum Gasteiger partial charge on any atom is 0.119 e. The van der Waals surface area contributed by atoms with E-state index in [1.807, 2.05) is 67.6 Å². The monoisotopic (exact) mass is 271 g/mol. The number of benzene rings is 2. The molecular weight excluding hydrogens is 250 g/mol. The molecule has 0 unspecified atom stereocenters. The molecule has 3 nitrogen and oxygen atoms in total. The lowest BCUT2D eigenvalue weighted by molar-refractivity contribution is 0.133. The van der Waals surface area contributed by atoms with Gasteiger partial charge in [0.25, 0.3) is 0 Å². The van der Waals surface area contributed by atoms with Gasteiger partial charge in [-0.05, 0) is 24.6 Å². The molecule has 2 rings (SSSR count). The highest BCUT2D eigenvalue weighted by Gasteiger charge is 2.14. The molecule has 2 N–H and O–H groups in total. The maximum atomic E-state index is 10.2. The molecule has 0 amide bonds. The fraction of sp³-hybridized carbons (Fsp3) is 0.294. The van der Waals surface area contributed by atoms with Gasteiger partial charge in [-0.15, -0.1) is 0 Å². The molecule has 0 aliphatic carbocycles. The Morgan fingerprint density at radius 1 is 1.00 bits per heavy atom. The Labute approximate surface area is 120 Å². The first-order valence-corrected chi connectivity index (χ1v) is 6.91. The number of nitrogens with one attached hydrogen (secondary N) is 1. The third kappa shape index (κ3) is 4.37. The van der Waals surface area contributed by atoms with E-state index in [9.17, 15) is 5.11 Å². The summed E-state index contributed by atoms with van der Waals surface area (Å²) in [5.41, 5.74) is 0.927. The first kappa shape index (κ1) is 14.6. The number of ether oxygens (including phenoxy) is 1. The molecule has 20 heavy (non-hydrogen) atoms. The van der Waals surface area contributed by atoms with Crippen LogP contribution in [0.5, 0.6) is 5.75 Å². The molecule has 2 aromatic carbocycles. The first-order chi connectivity index (χ1) is 9.77. The molecule has 0 aromatic heterocycles. The SMILES string of the molecule is C[C@H](NCCOc1ccccc1)[C@H](O)c1ccccc1. The Morgan fingerprint density at radius 2 is 1.60 bits per heavy atom. The molecule has 0 aliphatic heterocycles. The highest BCUT2D eigenvalue weighted by atomic mass is 16.5. The summed E-state index contributed by atoms with van der Waals surface area (Å²) in [5, 5.41) is 13.5. The lowest BCUT2D eigenvalue weighted by atomic mass is 10.0. The highest BCUT2D eigenvalue weighted by Crippen LogP contribution is 2.15. The molecule has 2 aromatic rings. The van der Waals surface area contributed by atoms with Gasteiger partial charge in [0.05, 0.1) is 6.10 Å². The van der Waals surface area contributed by atoms with Gasteiger partial charge in [0, 0.05) is 12.6 Å². The summed E-state index contributed by atoms with van der Waals surface area (Å²) in [5.74, 6) is 0.866. The Balaban J connectivity index is 1.71. The van der Waals surface area contributed by atoms with Crippen LogP contribution in [0, 0.1) is 0 Å². The Hall–Kier alpha value is -1.84. The average molecular weight is 271 g/mol. The lowest BCUT2D eigenvalue weighted by Gasteiger charge is -2.20. The summed E-state index contributed by atoms with van der Waals surface area (Å²) in [6, 6.07) is 19.4. The van der Waals surface area contributed by atoms with E-state index < -0.39 is 6.10 Å². The second-order valence-electron chi connectivity index (χ2n) is 4.76. The lowest BCUT2D eigenvalue weighted by Crippen LogP contribution is -2.35. The van der Waals surface area contributed by atoms with Crippen molar-refractivity contribution in [3.8, 4) is 5.75 Å². The predicted molar refractivity (Wildman–Crippen MR) is 80.8 cm³/mol. The van der Waals surface area contributed by atoms with E-state index >= 15 is 0 Å². The van der Waals surface area contributed by atoms with E-state index in [4.69, 9.17) is 4.74 Å². The molecule has 0 radical (unpaired) electrons. The number of para-hydroxylation sites is 1. The zero-order valence-corrected chi connectivity index (χ0v) is 11.7. The van der Waals surface area contributed by atoms with E-state index in [1.165, 1.54) is 0 Å². The largest absolute Gasteiger partial charge is 0.492 e. The van der Waals surface area contributed by atoms with E-state index in [0.717, 1.165) is 11.3 Å². The summed E-state index contributed by atoms with van der Waals surface area (Å²) in [6.45, 7) is 3.25. The van der Waals surface area contributed by atoms with Crippen LogP contribution in [0.1, 0.15) is 18.6 Å². The van der Waals surface area contributed by atoms with Crippen molar-refractivity contribution in [2.24, 2.45) is 0 Å². The van der Waals surface area contributed by atoms with Crippen LogP contribution in [0.3, 0.4) is 0 Å². The quantitative estimate of drug-likeness (QED) is 0.761. The van der Waals surface area contributed by atoms with Crippen molar-refractivity contribution in [1.82, 2.24) is 5.32 Å². The van der Waals surface area contributed by atoms with Crippen molar-refractivity contribution in [2.45, 2.75) is 19.1 Å². The van der Waals surface area contributed by atoms with Crippen LogP contribution in [0.25, 0.3) is 0 Å². The topological polar surface area (TPSA) is 41.5 Å². The van der Waals surface area contributed by atoms with Crippen molar-refractivity contribution >= 4 is 0 Å². The molecule has 0 aliphatic rings. The standard InChI is InChI=1S/C17H21NO2/c1-14(17(19)15-8-4-2-5-9-15)18-12-13-20-16-10-6-3-7-11-16/h2-11,14,17-19H,12-13H2,1H3/t14-,17-/m0/s1. The molecule has 0 saturated carbocycles. The fourth-order valence-corrected chi connectivity index (χ4v) is 2.02. The van der Waals surface area contributed by atoms with Gasteiger partial charge in [0.15, 0.2) is 0 Å². The third-order valence-corrected chi connectivity index (χ3v) is 3.20. The second-order valence-corrected chi connectivity index (χ2v) is 4.76. The van der Waals surface area contributed by atoms with Crippen LogP contribution in [0.4, 0.5) is 0 Å². The van der Waals surface area contributed by atoms with E-state index in [-0.39, 0.29) is 6.04 Å². The van der Waals surface area contributed by atoms with Gasteiger partial charge < -0.3 is 15.2 Å². The van der Waals surface area contributed by atoms with Crippen LogP contribution in [0.2, 0.25) is 0 Å². The maximum absolute atomic E-state index is 10.2. The van der Waals surface area contributed by atoms with Gasteiger partial charge in [-0.25, -0.2) is 0 Å². The van der Waals surface area contributed by atoms with Crippen molar-refractivity contribution in [3.05, 3.63) is 66.2 Å². The molecule has 0 spiro atoms. The van der Waals surface area contributed by atoms with Crippen molar-refractivity contribution < 1.29 is 9.84 Å². The molecular formula is C17H21NO2. The first-order valence-electron chi connectivity index (χ1n) is 6.91. The minimum absolute atomic E-state index is 0.0169. The van der Waals surface area contributed by atoms with Gasteiger partial charge >= 0.3 is 0 Å². The normalized spacial score (nSPS) is 13.7. The molecule has 106 valence electrons. The molecule has 3 heteroatoms. The third-order valence-electron chi connectivity index (χ3n) is 3.20. The summed E-state index contributed by atoms with van der Waals surface area (Å²) in [7, 11) is 0. The van der Waals surface area contributed by atoms with Crippen LogP contribution in [-0.4, -0.2) is 24.3 Å². The number of aliphatic hydroxyl groups excluding tert-OH is 1. The van der Waals surface area contributed by atoms with Crippen LogP contribution in [-0.2, 0) is 0 Å². The molecule has 0 fully saturated rings. The van der Waals surface area contributed by atoms with Gasteiger partial charge in [-0.2, -0.15) is 0 Å². The van der Waals surface area contributed by atoms with E-state index in [1.54, 1.807) is 0 Å². The zero-order valence-electron chi connectivity index (χ0n) is 11.7.